The molecular formula is C16H19NO. The molecule has 0 aromatic heterocycles. The van der Waals surface area contributed by atoms with Crippen LogP contribution >= 0.6 is 0 Å². The minimum absolute atomic E-state index is 0.599. The van der Waals surface area contributed by atoms with Crippen LogP contribution in [-0.4, -0.2) is 6.54 Å². The Labute approximate surface area is 108 Å². The monoisotopic (exact) mass is 241 g/mol. The maximum Gasteiger partial charge on any atom is 0.123 e. The molecule has 0 radical (unpaired) electrons. The van der Waals surface area contributed by atoms with E-state index in [-0.39, 0.29) is 0 Å². The first-order valence-corrected chi connectivity index (χ1v) is 6.26. The molecule has 0 saturated heterocycles. The van der Waals surface area contributed by atoms with Crippen molar-refractivity contribution in [3.63, 3.8) is 0 Å². The molecule has 18 heavy (non-hydrogen) atoms. The van der Waals surface area contributed by atoms with E-state index < -0.39 is 0 Å². The fourth-order valence-corrected chi connectivity index (χ4v) is 1.85. The molecule has 2 rings (SSSR count). The molecule has 0 aliphatic rings. The fraction of sp³-hybridized carbons (Fsp3) is 0.250. The second-order valence-corrected chi connectivity index (χ2v) is 4.42. The molecule has 0 unspecified atom stereocenters. The minimum atomic E-state index is 0.599. The lowest BCUT2D eigenvalue weighted by Gasteiger charge is -2.11. The number of para-hydroxylation sites is 1. The first-order valence-electron chi connectivity index (χ1n) is 6.26. The van der Waals surface area contributed by atoms with Gasteiger partial charge in [0.05, 0.1) is 0 Å². The second-order valence-electron chi connectivity index (χ2n) is 4.42. The molecule has 0 heterocycles. The highest BCUT2D eigenvalue weighted by Gasteiger charge is 2.02. The van der Waals surface area contributed by atoms with Crippen molar-refractivity contribution in [3.05, 3.63) is 65.2 Å². The van der Waals surface area contributed by atoms with E-state index in [2.05, 4.69) is 37.3 Å². The zero-order chi connectivity index (χ0) is 12.8. The van der Waals surface area contributed by atoms with E-state index in [1.165, 1.54) is 16.7 Å². The molecule has 2 aromatic rings. The molecule has 2 nitrogen and oxygen atoms in total. The van der Waals surface area contributed by atoms with Crippen LogP contribution in [0.4, 0.5) is 0 Å². The van der Waals surface area contributed by atoms with Gasteiger partial charge in [-0.25, -0.2) is 0 Å². The van der Waals surface area contributed by atoms with Crippen molar-refractivity contribution < 1.29 is 4.74 Å². The minimum Gasteiger partial charge on any atom is -0.489 e. The van der Waals surface area contributed by atoms with Gasteiger partial charge in [0.1, 0.15) is 12.4 Å². The van der Waals surface area contributed by atoms with Gasteiger partial charge in [-0.05, 0) is 37.1 Å². The van der Waals surface area contributed by atoms with Crippen LogP contribution in [0.25, 0.3) is 0 Å². The largest absolute Gasteiger partial charge is 0.489 e. The Morgan fingerprint density at radius 1 is 1.00 bits per heavy atom. The molecule has 0 atom stereocenters. The van der Waals surface area contributed by atoms with Crippen LogP contribution in [0.5, 0.6) is 5.75 Å². The van der Waals surface area contributed by atoms with Crippen LogP contribution in [0.1, 0.15) is 16.7 Å². The normalized spacial score (nSPS) is 10.3. The third kappa shape index (κ3) is 3.34. The van der Waals surface area contributed by atoms with Gasteiger partial charge in [0.25, 0.3) is 0 Å². The zero-order valence-electron chi connectivity index (χ0n) is 10.7. The number of rotatable bonds is 5. The predicted octanol–water partition coefficient (Wildman–Crippen LogP) is 3.08. The summed E-state index contributed by atoms with van der Waals surface area (Å²) in [6.45, 7) is 3.33. The van der Waals surface area contributed by atoms with E-state index >= 15 is 0 Å². The Balaban J connectivity index is 2.03. The third-order valence-corrected chi connectivity index (χ3v) is 2.90. The highest BCUT2D eigenvalue weighted by atomic mass is 16.5. The third-order valence-electron chi connectivity index (χ3n) is 2.90. The Morgan fingerprint density at radius 3 is 2.44 bits per heavy atom. The van der Waals surface area contributed by atoms with E-state index in [0.29, 0.717) is 13.2 Å². The molecule has 94 valence electrons. The zero-order valence-corrected chi connectivity index (χ0v) is 10.7. The first-order chi connectivity index (χ1) is 8.79. The summed E-state index contributed by atoms with van der Waals surface area (Å²) in [7, 11) is 0. The van der Waals surface area contributed by atoms with Crippen molar-refractivity contribution in [1.29, 1.82) is 0 Å². The summed E-state index contributed by atoms with van der Waals surface area (Å²) in [4.78, 5) is 0. The molecular weight excluding hydrogens is 222 g/mol. The van der Waals surface area contributed by atoms with Crippen molar-refractivity contribution in [2.75, 3.05) is 6.54 Å². The number of aryl methyl sites for hydroxylation is 1. The van der Waals surface area contributed by atoms with Crippen molar-refractivity contribution >= 4 is 0 Å². The van der Waals surface area contributed by atoms with E-state index in [1.807, 2.05) is 18.2 Å². The fourth-order valence-electron chi connectivity index (χ4n) is 1.85. The molecule has 0 bridgehead atoms. The molecule has 0 fully saturated rings. The van der Waals surface area contributed by atoms with E-state index in [0.717, 1.165) is 12.2 Å². The van der Waals surface area contributed by atoms with Crippen LogP contribution in [-0.2, 0) is 13.0 Å². The summed E-state index contributed by atoms with van der Waals surface area (Å²) in [5.41, 5.74) is 9.22. The topological polar surface area (TPSA) is 35.2 Å². The maximum absolute atomic E-state index is 5.86. The molecule has 2 aromatic carbocycles. The summed E-state index contributed by atoms with van der Waals surface area (Å²) in [6, 6.07) is 16.5. The predicted molar refractivity (Wildman–Crippen MR) is 74.7 cm³/mol. The molecule has 2 N–H and O–H groups in total. The van der Waals surface area contributed by atoms with Gasteiger partial charge < -0.3 is 10.5 Å². The van der Waals surface area contributed by atoms with Gasteiger partial charge in [-0.15, -0.1) is 0 Å². The van der Waals surface area contributed by atoms with Gasteiger partial charge in [0, 0.05) is 0 Å². The number of nitrogens with two attached hydrogens (primary N) is 1. The Hall–Kier alpha value is -1.80. The lowest BCUT2D eigenvalue weighted by molar-refractivity contribution is 0.303. The SMILES string of the molecule is Cc1ccc(COc2ccccc2CCN)cc1. The summed E-state index contributed by atoms with van der Waals surface area (Å²) >= 11 is 0. The van der Waals surface area contributed by atoms with Crippen LogP contribution in [0, 0.1) is 6.92 Å². The summed E-state index contributed by atoms with van der Waals surface area (Å²) < 4.78 is 5.86. The van der Waals surface area contributed by atoms with Crippen LogP contribution < -0.4 is 10.5 Å². The van der Waals surface area contributed by atoms with Crippen molar-refractivity contribution in [2.24, 2.45) is 5.73 Å². The second kappa shape index (κ2) is 6.22. The smallest absolute Gasteiger partial charge is 0.123 e. The highest BCUT2D eigenvalue weighted by molar-refractivity contribution is 5.34. The average molecular weight is 241 g/mol. The molecule has 0 aliphatic heterocycles. The van der Waals surface area contributed by atoms with Crippen molar-refractivity contribution in [3.8, 4) is 5.75 Å². The number of ether oxygens (including phenoxy) is 1. The quantitative estimate of drug-likeness (QED) is 0.873. The van der Waals surface area contributed by atoms with E-state index in [9.17, 15) is 0 Å². The van der Waals surface area contributed by atoms with E-state index in [4.69, 9.17) is 10.5 Å². The van der Waals surface area contributed by atoms with Gasteiger partial charge in [0.2, 0.25) is 0 Å². The number of hydrogen-bond acceptors (Lipinski definition) is 2. The maximum atomic E-state index is 5.86. The average Bonchev–Trinajstić information content (AvgIpc) is 2.40. The molecule has 2 heteroatoms. The molecule has 0 spiro atoms. The van der Waals surface area contributed by atoms with Crippen molar-refractivity contribution in [1.82, 2.24) is 0 Å². The van der Waals surface area contributed by atoms with Gasteiger partial charge in [-0.2, -0.15) is 0 Å². The molecule has 0 saturated carbocycles. The van der Waals surface area contributed by atoms with Crippen LogP contribution in [0.15, 0.2) is 48.5 Å². The van der Waals surface area contributed by atoms with E-state index in [1.54, 1.807) is 0 Å². The molecule has 0 amide bonds. The number of benzene rings is 2. The lowest BCUT2D eigenvalue weighted by Crippen LogP contribution is -2.05. The van der Waals surface area contributed by atoms with Gasteiger partial charge in [-0.3, -0.25) is 0 Å². The van der Waals surface area contributed by atoms with Gasteiger partial charge in [0.15, 0.2) is 0 Å². The van der Waals surface area contributed by atoms with Crippen molar-refractivity contribution in [2.45, 2.75) is 20.0 Å². The van der Waals surface area contributed by atoms with Crippen LogP contribution in [0.2, 0.25) is 0 Å². The van der Waals surface area contributed by atoms with Gasteiger partial charge in [-0.1, -0.05) is 48.0 Å². The Morgan fingerprint density at radius 2 is 1.72 bits per heavy atom. The summed E-state index contributed by atoms with van der Waals surface area (Å²) in [5.74, 6) is 0.934. The number of hydrogen-bond donors (Lipinski definition) is 1. The first kappa shape index (κ1) is 12.7. The van der Waals surface area contributed by atoms with Crippen LogP contribution in [0.3, 0.4) is 0 Å². The Kier molecular flexibility index (Phi) is 4.37. The van der Waals surface area contributed by atoms with Gasteiger partial charge >= 0.3 is 0 Å². The highest BCUT2D eigenvalue weighted by Crippen LogP contribution is 2.19. The molecule has 0 aliphatic carbocycles. The summed E-state index contributed by atoms with van der Waals surface area (Å²) in [6.07, 6.45) is 0.851. The summed E-state index contributed by atoms with van der Waals surface area (Å²) in [5, 5.41) is 0. The standard InChI is InChI=1S/C16H19NO/c1-13-6-8-14(9-7-13)12-18-16-5-3-2-4-15(16)10-11-17/h2-9H,10-12,17H2,1H3. The lowest BCUT2D eigenvalue weighted by atomic mass is 10.1. The Bertz CT molecular complexity index is 491.